The van der Waals surface area contributed by atoms with Gasteiger partial charge in [-0.05, 0) is 34.6 Å². The third kappa shape index (κ3) is 2.71. The van der Waals surface area contributed by atoms with Crippen molar-refractivity contribution in [3.05, 3.63) is 70.8 Å². The van der Waals surface area contributed by atoms with Gasteiger partial charge in [-0.25, -0.2) is 0 Å². The first-order chi connectivity index (χ1) is 14.5. The van der Waals surface area contributed by atoms with Crippen LogP contribution in [0.5, 0.6) is 5.75 Å². The third-order valence-corrected chi connectivity index (χ3v) is 6.15. The number of benzene rings is 3. The summed E-state index contributed by atoms with van der Waals surface area (Å²) in [6.07, 6.45) is -12.2. The molecule has 1 aliphatic carbocycles. The number of fused-ring (bicyclic) bond motifs is 8. The molecular weight excluding hydrogens is 418 g/mol. The van der Waals surface area contributed by atoms with Gasteiger partial charge in [0, 0.05) is 16.9 Å². The van der Waals surface area contributed by atoms with Gasteiger partial charge in [0.15, 0.2) is 0 Å². The highest BCUT2D eigenvalue weighted by atomic mass is 19.4. The zero-order valence-corrected chi connectivity index (χ0v) is 16.4. The maximum Gasteiger partial charge on any atom is 0.417 e. The van der Waals surface area contributed by atoms with Crippen LogP contribution in [0.1, 0.15) is 36.5 Å². The van der Waals surface area contributed by atoms with Crippen molar-refractivity contribution in [2.24, 2.45) is 0 Å². The highest BCUT2D eigenvalue weighted by Gasteiger charge is 2.53. The molecule has 0 saturated heterocycles. The Morgan fingerprint density at radius 3 is 2.00 bits per heavy atom. The first-order valence-corrected chi connectivity index (χ1v) is 9.75. The molecule has 0 fully saturated rings. The summed E-state index contributed by atoms with van der Waals surface area (Å²) in [6.45, 7) is 2.73. The number of hydrogen-bond donors (Lipinski definition) is 0. The summed E-state index contributed by atoms with van der Waals surface area (Å²) in [5.74, 6) is -0.657. The van der Waals surface area contributed by atoms with Crippen molar-refractivity contribution in [2.45, 2.75) is 38.2 Å². The molecule has 0 radical (unpaired) electrons. The van der Waals surface area contributed by atoms with E-state index in [0.717, 1.165) is 18.1 Å². The molecule has 3 aromatic carbocycles. The van der Waals surface area contributed by atoms with Crippen molar-refractivity contribution in [3.8, 4) is 16.9 Å². The van der Waals surface area contributed by atoms with E-state index in [9.17, 15) is 26.3 Å². The molecule has 0 N–H and O–H groups in total. The summed E-state index contributed by atoms with van der Waals surface area (Å²) in [6, 6.07) is 13.9. The van der Waals surface area contributed by atoms with Crippen LogP contribution in [0.25, 0.3) is 27.5 Å². The second-order valence-electron chi connectivity index (χ2n) is 7.89. The Morgan fingerprint density at radius 2 is 1.35 bits per heavy atom. The Hall–Kier alpha value is -2.96. The van der Waals surface area contributed by atoms with Crippen molar-refractivity contribution in [1.82, 2.24) is 0 Å². The van der Waals surface area contributed by atoms with Crippen LogP contribution >= 0.6 is 0 Å². The van der Waals surface area contributed by atoms with Crippen molar-refractivity contribution in [2.75, 3.05) is 0 Å². The second kappa shape index (κ2) is 6.28. The molecule has 5 rings (SSSR count). The second-order valence-corrected chi connectivity index (χ2v) is 7.89. The molecule has 2 unspecified atom stereocenters. The van der Waals surface area contributed by atoms with Gasteiger partial charge in [-0.1, -0.05) is 55.5 Å². The van der Waals surface area contributed by atoms with Crippen molar-refractivity contribution in [3.63, 3.8) is 0 Å². The molecule has 0 saturated carbocycles. The van der Waals surface area contributed by atoms with E-state index in [1.165, 1.54) is 0 Å². The molecular formula is C24H16F6O. The van der Waals surface area contributed by atoms with E-state index in [4.69, 9.17) is 4.74 Å². The Kier molecular flexibility index (Phi) is 4.04. The minimum Gasteiger partial charge on any atom is -0.485 e. The summed E-state index contributed by atoms with van der Waals surface area (Å²) >= 11 is 0. The number of halogens is 6. The average molecular weight is 434 g/mol. The summed E-state index contributed by atoms with van der Waals surface area (Å²) in [7, 11) is 0. The van der Waals surface area contributed by atoms with E-state index in [0.29, 0.717) is 16.3 Å². The van der Waals surface area contributed by atoms with Crippen LogP contribution in [0.4, 0.5) is 26.3 Å². The van der Waals surface area contributed by atoms with Crippen LogP contribution in [0.2, 0.25) is 0 Å². The minimum atomic E-state index is -5.21. The molecule has 3 aromatic rings. The Bertz CT molecular complexity index is 1270. The normalized spacial score (nSPS) is 20.4. The lowest BCUT2D eigenvalue weighted by molar-refractivity contribution is -0.112. The summed E-state index contributed by atoms with van der Waals surface area (Å²) in [4.78, 5) is 0. The Labute approximate surface area is 173 Å². The zero-order chi connectivity index (χ0) is 22.3. The number of hydrogen-bond acceptors (Lipinski definition) is 1. The third-order valence-electron chi connectivity index (χ3n) is 6.15. The predicted octanol–water partition coefficient (Wildman–Crippen LogP) is 7.63. The first-order valence-electron chi connectivity index (χ1n) is 9.75. The quantitative estimate of drug-likeness (QED) is 0.331. The summed E-state index contributed by atoms with van der Waals surface area (Å²) in [5.41, 5.74) is -1.53. The number of ether oxygens (including phenoxy) is 1. The molecule has 1 heterocycles. The molecule has 2 aliphatic rings. The maximum atomic E-state index is 14.3. The smallest absolute Gasteiger partial charge is 0.417 e. The van der Waals surface area contributed by atoms with Crippen molar-refractivity contribution >= 4 is 16.3 Å². The fourth-order valence-corrected chi connectivity index (χ4v) is 5.02. The van der Waals surface area contributed by atoms with Crippen LogP contribution < -0.4 is 4.74 Å². The van der Waals surface area contributed by atoms with Gasteiger partial charge in [0.2, 0.25) is 0 Å². The zero-order valence-electron chi connectivity index (χ0n) is 16.4. The molecule has 1 aliphatic heterocycles. The van der Waals surface area contributed by atoms with E-state index in [1.54, 1.807) is 55.5 Å². The lowest BCUT2D eigenvalue weighted by Crippen LogP contribution is -2.35. The Balaban J connectivity index is 2.03. The largest absolute Gasteiger partial charge is 0.485 e. The predicted molar refractivity (Wildman–Crippen MR) is 106 cm³/mol. The molecule has 1 nitrogen and oxygen atoms in total. The van der Waals surface area contributed by atoms with Crippen LogP contribution in [0.15, 0.2) is 54.1 Å². The maximum absolute atomic E-state index is 14.3. The summed E-state index contributed by atoms with van der Waals surface area (Å²) < 4.78 is 90.0. The number of rotatable bonds is 0. The average Bonchev–Trinajstić information content (AvgIpc) is 2.99. The molecule has 0 aromatic heterocycles. The van der Waals surface area contributed by atoms with Crippen LogP contribution in [-0.4, -0.2) is 18.5 Å². The molecule has 31 heavy (non-hydrogen) atoms. The first kappa shape index (κ1) is 20.0. The molecule has 7 heteroatoms. The fourth-order valence-electron chi connectivity index (χ4n) is 5.02. The fraction of sp³-hybridized carbons (Fsp3) is 0.250. The van der Waals surface area contributed by atoms with Gasteiger partial charge in [0.05, 0.1) is 11.1 Å². The van der Waals surface area contributed by atoms with E-state index in [1.807, 2.05) is 0 Å². The number of alkyl halides is 6. The van der Waals surface area contributed by atoms with E-state index < -0.39 is 41.1 Å². The molecule has 0 amide bonds. The topological polar surface area (TPSA) is 9.23 Å². The van der Waals surface area contributed by atoms with Gasteiger partial charge in [0.25, 0.3) is 0 Å². The van der Waals surface area contributed by atoms with Crippen LogP contribution in [0, 0.1) is 0 Å². The SMILES string of the molecule is CC1Oc2c(c3c(c4ccccc24)-c2ccccc2C3C)C(C(F)(F)F)=C1C(F)(F)F. The molecule has 0 spiro atoms. The number of allylic oxidation sites excluding steroid dienone is 1. The highest BCUT2D eigenvalue weighted by Crippen LogP contribution is 2.59. The summed E-state index contributed by atoms with van der Waals surface area (Å²) in [5, 5.41) is 1.03. The van der Waals surface area contributed by atoms with Crippen molar-refractivity contribution in [1.29, 1.82) is 0 Å². The lowest BCUT2D eigenvalue weighted by atomic mass is 9.82. The minimum absolute atomic E-state index is 0.137. The lowest BCUT2D eigenvalue weighted by Gasteiger charge is -2.34. The van der Waals surface area contributed by atoms with Gasteiger partial charge >= 0.3 is 12.4 Å². The van der Waals surface area contributed by atoms with Gasteiger partial charge in [-0.2, -0.15) is 26.3 Å². The van der Waals surface area contributed by atoms with Gasteiger partial charge in [0.1, 0.15) is 11.9 Å². The molecule has 2 atom stereocenters. The highest BCUT2D eigenvalue weighted by molar-refractivity contribution is 6.09. The van der Waals surface area contributed by atoms with Crippen LogP contribution in [0.3, 0.4) is 0 Å². The van der Waals surface area contributed by atoms with E-state index >= 15 is 0 Å². The van der Waals surface area contributed by atoms with E-state index in [-0.39, 0.29) is 11.3 Å². The van der Waals surface area contributed by atoms with Crippen molar-refractivity contribution < 1.29 is 31.1 Å². The monoisotopic (exact) mass is 434 g/mol. The van der Waals surface area contributed by atoms with E-state index in [2.05, 4.69) is 0 Å². The van der Waals surface area contributed by atoms with Gasteiger partial charge < -0.3 is 4.74 Å². The van der Waals surface area contributed by atoms with Crippen LogP contribution in [-0.2, 0) is 0 Å². The molecule has 160 valence electrons. The van der Waals surface area contributed by atoms with Gasteiger partial charge in [-0.3, -0.25) is 0 Å². The van der Waals surface area contributed by atoms with Gasteiger partial charge in [-0.15, -0.1) is 0 Å². The standard InChI is InChI=1S/C24H16F6O/c1-11-13-7-3-4-8-14(13)18-15-9-5-6-10-16(15)22-19(17(11)18)21(24(28,29)30)20(12(2)31-22)23(25,26)27/h3-12H,1-2H3. The Morgan fingerprint density at radius 1 is 0.742 bits per heavy atom. The molecule has 0 bridgehead atoms.